The third kappa shape index (κ3) is 5.25. The molecule has 0 saturated heterocycles. The van der Waals surface area contributed by atoms with E-state index < -0.39 is 0 Å². The number of halogens is 1. The first-order chi connectivity index (χ1) is 7.61. The molecule has 1 aromatic rings. The second-order valence-corrected chi connectivity index (χ2v) is 5.90. The Kier molecular flexibility index (Phi) is 6.28. The molecular formula is C11H19ClN2OS. The maximum absolute atomic E-state index is 5.82. The molecular weight excluding hydrogens is 244 g/mol. The van der Waals surface area contributed by atoms with Crippen LogP contribution in [0.4, 0.5) is 0 Å². The van der Waals surface area contributed by atoms with Crippen molar-refractivity contribution < 1.29 is 4.74 Å². The molecule has 3 nitrogen and oxygen atoms in total. The fourth-order valence-corrected chi connectivity index (χ4v) is 2.57. The highest BCUT2D eigenvalue weighted by Crippen LogP contribution is 2.19. The van der Waals surface area contributed by atoms with Crippen LogP contribution in [0.1, 0.15) is 18.7 Å². The Morgan fingerprint density at radius 2 is 2.31 bits per heavy atom. The molecule has 0 aromatic carbocycles. The van der Waals surface area contributed by atoms with Crippen LogP contribution in [0.2, 0.25) is 4.47 Å². The molecule has 1 heterocycles. The highest BCUT2D eigenvalue weighted by molar-refractivity contribution is 7.15. The molecule has 16 heavy (non-hydrogen) atoms. The van der Waals surface area contributed by atoms with Gasteiger partial charge in [0.05, 0.1) is 6.61 Å². The molecule has 0 spiro atoms. The Morgan fingerprint density at radius 1 is 1.56 bits per heavy atom. The summed E-state index contributed by atoms with van der Waals surface area (Å²) in [6.45, 7) is 8.13. The Bertz CT molecular complexity index is 304. The van der Waals surface area contributed by atoms with Gasteiger partial charge < -0.3 is 4.74 Å². The van der Waals surface area contributed by atoms with Gasteiger partial charge in [0.1, 0.15) is 0 Å². The van der Waals surface area contributed by atoms with Crippen molar-refractivity contribution in [1.82, 2.24) is 9.88 Å². The lowest BCUT2D eigenvalue weighted by atomic mass is 10.2. The highest BCUT2D eigenvalue weighted by Gasteiger charge is 2.09. The van der Waals surface area contributed by atoms with Crippen LogP contribution >= 0.6 is 22.9 Å². The van der Waals surface area contributed by atoms with E-state index in [1.54, 1.807) is 18.4 Å². The van der Waals surface area contributed by atoms with Crippen LogP contribution in [-0.2, 0) is 11.3 Å². The van der Waals surface area contributed by atoms with Gasteiger partial charge in [0.2, 0.25) is 0 Å². The van der Waals surface area contributed by atoms with Gasteiger partial charge in [-0.3, -0.25) is 4.90 Å². The number of ether oxygens (including phenoxy) is 1. The zero-order valence-electron chi connectivity index (χ0n) is 10.1. The molecule has 1 aromatic heterocycles. The zero-order chi connectivity index (χ0) is 12.0. The summed E-state index contributed by atoms with van der Waals surface area (Å²) in [7, 11) is 1.73. The second kappa shape index (κ2) is 7.22. The number of thiazole rings is 1. The largest absolute Gasteiger partial charge is 0.383 e. The van der Waals surface area contributed by atoms with Crippen molar-refractivity contribution in [2.45, 2.75) is 20.4 Å². The highest BCUT2D eigenvalue weighted by atomic mass is 35.5. The third-order valence-corrected chi connectivity index (χ3v) is 3.24. The first-order valence-corrected chi connectivity index (χ1v) is 6.62. The van der Waals surface area contributed by atoms with E-state index in [9.17, 15) is 0 Å². The summed E-state index contributed by atoms with van der Waals surface area (Å²) in [6, 6.07) is 0. The van der Waals surface area contributed by atoms with Gasteiger partial charge >= 0.3 is 0 Å². The smallest absolute Gasteiger partial charge is 0.183 e. The molecule has 0 N–H and O–H groups in total. The molecule has 0 aliphatic carbocycles. The van der Waals surface area contributed by atoms with E-state index in [0.717, 1.165) is 26.2 Å². The summed E-state index contributed by atoms with van der Waals surface area (Å²) in [4.78, 5) is 7.64. The molecule has 5 heteroatoms. The number of aromatic nitrogens is 1. The van der Waals surface area contributed by atoms with E-state index >= 15 is 0 Å². The molecule has 0 saturated carbocycles. The minimum Gasteiger partial charge on any atom is -0.383 e. The number of hydrogen-bond donors (Lipinski definition) is 0. The Balaban J connectivity index is 2.48. The quantitative estimate of drug-likeness (QED) is 0.756. The average molecular weight is 263 g/mol. The first kappa shape index (κ1) is 13.9. The van der Waals surface area contributed by atoms with Crippen molar-refractivity contribution in [2.24, 2.45) is 5.92 Å². The molecule has 0 aliphatic rings. The molecule has 0 radical (unpaired) electrons. The SMILES string of the molecule is COCCN(Cc1cnc(Cl)s1)CC(C)C. The summed E-state index contributed by atoms with van der Waals surface area (Å²) >= 11 is 7.37. The maximum atomic E-state index is 5.82. The van der Waals surface area contributed by atoms with Gasteiger partial charge in [-0.05, 0) is 5.92 Å². The number of methoxy groups -OCH3 is 1. The van der Waals surface area contributed by atoms with Crippen molar-refractivity contribution in [3.8, 4) is 0 Å². The van der Waals surface area contributed by atoms with E-state index in [4.69, 9.17) is 16.3 Å². The van der Waals surface area contributed by atoms with E-state index in [1.165, 1.54) is 4.88 Å². The maximum Gasteiger partial charge on any atom is 0.183 e. The number of rotatable bonds is 7. The Hall–Kier alpha value is -0.160. The van der Waals surface area contributed by atoms with Gasteiger partial charge in [-0.1, -0.05) is 25.4 Å². The molecule has 0 unspecified atom stereocenters. The lowest BCUT2D eigenvalue weighted by molar-refractivity contribution is 0.136. The minimum atomic E-state index is 0.617. The van der Waals surface area contributed by atoms with Crippen LogP contribution in [0.15, 0.2) is 6.20 Å². The van der Waals surface area contributed by atoms with Crippen molar-refractivity contribution in [2.75, 3.05) is 26.8 Å². The first-order valence-electron chi connectivity index (χ1n) is 5.43. The van der Waals surface area contributed by atoms with Crippen LogP contribution in [0.25, 0.3) is 0 Å². The van der Waals surface area contributed by atoms with Crippen LogP contribution in [0.5, 0.6) is 0 Å². The summed E-state index contributed by atoms with van der Waals surface area (Å²) < 4.78 is 5.73. The average Bonchev–Trinajstić information content (AvgIpc) is 2.59. The van der Waals surface area contributed by atoms with Crippen molar-refractivity contribution in [3.05, 3.63) is 15.5 Å². The third-order valence-electron chi connectivity index (χ3n) is 2.14. The van der Waals surface area contributed by atoms with Gasteiger partial charge in [-0.15, -0.1) is 11.3 Å². The van der Waals surface area contributed by atoms with E-state index in [0.29, 0.717) is 10.4 Å². The van der Waals surface area contributed by atoms with Gasteiger partial charge in [0.25, 0.3) is 0 Å². The monoisotopic (exact) mass is 262 g/mol. The fourth-order valence-electron chi connectivity index (χ4n) is 1.55. The van der Waals surface area contributed by atoms with Crippen molar-refractivity contribution >= 4 is 22.9 Å². The van der Waals surface area contributed by atoms with Crippen LogP contribution in [-0.4, -0.2) is 36.7 Å². The second-order valence-electron chi connectivity index (χ2n) is 4.20. The summed E-state index contributed by atoms with van der Waals surface area (Å²) in [5.41, 5.74) is 0. The normalized spacial score (nSPS) is 11.6. The van der Waals surface area contributed by atoms with Gasteiger partial charge in [0.15, 0.2) is 4.47 Å². The molecule has 0 atom stereocenters. The van der Waals surface area contributed by atoms with E-state index in [-0.39, 0.29) is 0 Å². The summed E-state index contributed by atoms with van der Waals surface area (Å²) in [6.07, 6.45) is 1.85. The van der Waals surface area contributed by atoms with Gasteiger partial charge in [-0.25, -0.2) is 4.98 Å². The molecule has 0 amide bonds. The summed E-state index contributed by atoms with van der Waals surface area (Å²) in [5, 5.41) is 0. The number of hydrogen-bond acceptors (Lipinski definition) is 4. The molecule has 0 bridgehead atoms. The van der Waals surface area contributed by atoms with Crippen LogP contribution in [0, 0.1) is 5.92 Å². The standard InChI is InChI=1S/C11H19ClN2OS/c1-9(2)7-14(4-5-15-3)8-10-6-13-11(12)16-10/h6,9H,4-5,7-8H2,1-3H3. The van der Waals surface area contributed by atoms with E-state index in [2.05, 4.69) is 23.7 Å². The van der Waals surface area contributed by atoms with Gasteiger partial charge in [0, 0.05) is 37.8 Å². The fraction of sp³-hybridized carbons (Fsp3) is 0.727. The van der Waals surface area contributed by atoms with Crippen LogP contribution < -0.4 is 0 Å². The zero-order valence-corrected chi connectivity index (χ0v) is 11.6. The topological polar surface area (TPSA) is 25.4 Å². The van der Waals surface area contributed by atoms with Gasteiger partial charge in [-0.2, -0.15) is 0 Å². The Morgan fingerprint density at radius 3 is 2.81 bits per heavy atom. The molecule has 1 rings (SSSR count). The van der Waals surface area contributed by atoms with Crippen molar-refractivity contribution in [1.29, 1.82) is 0 Å². The molecule has 92 valence electrons. The van der Waals surface area contributed by atoms with Crippen molar-refractivity contribution in [3.63, 3.8) is 0 Å². The molecule has 0 aliphatic heterocycles. The van der Waals surface area contributed by atoms with Crippen LogP contribution in [0.3, 0.4) is 0 Å². The lowest BCUT2D eigenvalue weighted by Gasteiger charge is -2.22. The predicted octanol–water partition coefficient (Wildman–Crippen LogP) is 2.90. The molecule has 0 fully saturated rings. The number of nitrogens with zero attached hydrogens (tertiary/aromatic N) is 2. The van der Waals surface area contributed by atoms with E-state index in [1.807, 2.05) is 6.20 Å². The Labute approximate surface area is 106 Å². The minimum absolute atomic E-state index is 0.617. The lowest BCUT2D eigenvalue weighted by Crippen LogP contribution is -2.30. The predicted molar refractivity (Wildman–Crippen MR) is 69.1 cm³/mol. The summed E-state index contributed by atoms with van der Waals surface area (Å²) in [5.74, 6) is 0.653.